The highest BCUT2D eigenvalue weighted by Gasteiger charge is 2.18. The van der Waals surface area contributed by atoms with Crippen LogP contribution in [0.5, 0.6) is 0 Å². The van der Waals surface area contributed by atoms with Crippen LogP contribution in [0, 0.1) is 22.5 Å². The summed E-state index contributed by atoms with van der Waals surface area (Å²) in [7, 11) is 0. The van der Waals surface area contributed by atoms with Crippen molar-refractivity contribution in [3.63, 3.8) is 0 Å². The predicted molar refractivity (Wildman–Crippen MR) is 74.9 cm³/mol. The van der Waals surface area contributed by atoms with Crippen LogP contribution in [-0.2, 0) is 0 Å². The second-order valence-corrected chi connectivity index (χ2v) is 5.91. The van der Waals surface area contributed by atoms with Gasteiger partial charge in [-0.25, -0.2) is 0 Å². The summed E-state index contributed by atoms with van der Waals surface area (Å²) in [4.78, 5) is 10.5. The van der Waals surface area contributed by atoms with Gasteiger partial charge in [-0.1, -0.05) is 13.8 Å². The van der Waals surface area contributed by atoms with Crippen LogP contribution >= 0.6 is 15.9 Å². The van der Waals surface area contributed by atoms with Crippen molar-refractivity contribution in [2.45, 2.75) is 20.8 Å². The van der Waals surface area contributed by atoms with Gasteiger partial charge in [0.2, 0.25) is 0 Å². The van der Waals surface area contributed by atoms with Crippen molar-refractivity contribution >= 4 is 27.3 Å². The Balaban J connectivity index is 2.96. The lowest BCUT2D eigenvalue weighted by Crippen LogP contribution is -2.26. The summed E-state index contributed by atoms with van der Waals surface area (Å²) in [6.07, 6.45) is 0. The number of anilines is 1. The van der Waals surface area contributed by atoms with Crippen molar-refractivity contribution in [3.8, 4) is 0 Å². The Morgan fingerprint density at radius 2 is 2.11 bits per heavy atom. The summed E-state index contributed by atoms with van der Waals surface area (Å²) in [5, 5.41) is 23.1. The highest BCUT2D eigenvalue weighted by molar-refractivity contribution is 9.10. The second kappa shape index (κ2) is 5.67. The smallest absolute Gasteiger partial charge is 0.274 e. The van der Waals surface area contributed by atoms with Crippen molar-refractivity contribution in [1.29, 1.82) is 0 Å². The minimum atomic E-state index is -0.399. The van der Waals surface area contributed by atoms with Crippen LogP contribution in [0.3, 0.4) is 0 Å². The van der Waals surface area contributed by atoms with Crippen LogP contribution in [0.1, 0.15) is 19.4 Å². The average Bonchev–Trinajstić information content (AvgIpc) is 2.27. The minimum absolute atomic E-state index is 0.0472. The molecule has 0 bridgehead atoms. The van der Waals surface area contributed by atoms with Gasteiger partial charge in [0.25, 0.3) is 5.69 Å². The summed E-state index contributed by atoms with van der Waals surface area (Å²) < 4.78 is 0.777. The molecule has 0 amide bonds. The number of benzene rings is 1. The molecule has 0 aliphatic rings. The molecule has 2 N–H and O–H groups in total. The maximum absolute atomic E-state index is 10.9. The fourth-order valence-electron chi connectivity index (χ4n) is 1.38. The molecule has 0 saturated carbocycles. The largest absolute Gasteiger partial charge is 0.396 e. The normalized spacial score (nSPS) is 11.4. The molecule has 1 rings (SSSR count). The van der Waals surface area contributed by atoms with E-state index in [1.807, 2.05) is 13.8 Å². The van der Waals surface area contributed by atoms with Gasteiger partial charge in [-0.15, -0.1) is 0 Å². The zero-order chi connectivity index (χ0) is 13.9. The van der Waals surface area contributed by atoms with Crippen LogP contribution in [0.2, 0.25) is 0 Å². The highest BCUT2D eigenvalue weighted by Crippen LogP contribution is 2.31. The minimum Gasteiger partial charge on any atom is -0.396 e. The first-order valence-corrected chi connectivity index (χ1v) is 6.35. The van der Waals surface area contributed by atoms with Gasteiger partial charge in [0.15, 0.2) is 0 Å². The summed E-state index contributed by atoms with van der Waals surface area (Å²) >= 11 is 3.37. The Morgan fingerprint density at radius 1 is 1.50 bits per heavy atom. The Morgan fingerprint density at radius 3 is 2.61 bits per heavy atom. The van der Waals surface area contributed by atoms with Gasteiger partial charge >= 0.3 is 0 Å². The van der Waals surface area contributed by atoms with E-state index < -0.39 is 4.92 Å². The number of hydrogen-bond donors (Lipinski definition) is 2. The number of nitro groups is 1. The molecular formula is C12H17BrN2O3. The molecule has 0 radical (unpaired) electrons. The van der Waals surface area contributed by atoms with E-state index in [-0.39, 0.29) is 17.7 Å². The van der Waals surface area contributed by atoms with Crippen molar-refractivity contribution in [2.24, 2.45) is 5.41 Å². The lowest BCUT2D eigenvalue weighted by Gasteiger charge is -2.23. The van der Waals surface area contributed by atoms with E-state index in [2.05, 4.69) is 21.2 Å². The van der Waals surface area contributed by atoms with Crippen LogP contribution in [-0.4, -0.2) is 23.2 Å². The predicted octanol–water partition coefficient (Wildman–Crippen LogP) is 3.10. The van der Waals surface area contributed by atoms with E-state index >= 15 is 0 Å². The quantitative estimate of drug-likeness (QED) is 0.646. The SMILES string of the molecule is Cc1cc(Br)c(NCC(C)(C)CO)cc1[N+](=O)[O-]. The zero-order valence-electron chi connectivity index (χ0n) is 10.7. The first-order valence-electron chi connectivity index (χ1n) is 5.56. The molecule has 1 aromatic rings. The third-order valence-corrected chi connectivity index (χ3v) is 3.32. The molecule has 0 saturated heterocycles. The van der Waals surface area contributed by atoms with E-state index in [0.29, 0.717) is 17.8 Å². The van der Waals surface area contributed by atoms with Gasteiger partial charge in [0.1, 0.15) is 0 Å². The third kappa shape index (κ3) is 3.68. The van der Waals surface area contributed by atoms with E-state index in [0.717, 1.165) is 4.47 Å². The number of aryl methyl sites for hydroxylation is 1. The first-order chi connectivity index (χ1) is 8.26. The maximum atomic E-state index is 10.9. The number of nitrogens with zero attached hydrogens (tertiary/aromatic N) is 1. The molecule has 5 nitrogen and oxygen atoms in total. The fourth-order valence-corrected chi connectivity index (χ4v) is 1.98. The topological polar surface area (TPSA) is 75.4 Å². The highest BCUT2D eigenvalue weighted by atomic mass is 79.9. The fraction of sp³-hybridized carbons (Fsp3) is 0.500. The summed E-state index contributed by atoms with van der Waals surface area (Å²) in [6.45, 7) is 6.10. The van der Waals surface area contributed by atoms with E-state index in [1.165, 1.54) is 6.07 Å². The molecule has 6 heteroatoms. The van der Waals surface area contributed by atoms with Crippen LogP contribution in [0.25, 0.3) is 0 Å². The van der Waals surface area contributed by atoms with Crippen molar-refractivity contribution in [3.05, 3.63) is 32.3 Å². The van der Waals surface area contributed by atoms with E-state index in [9.17, 15) is 10.1 Å². The van der Waals surface area contributed by atoms with E-state index in [4.69, 9.17) is 5.11 Å². The van der Waals surface area contributed by atoms with Gasteiger partial charge in [0, 0.05) is 34.7 Å². The third-order valence-electron chi connectivity index (χ3n) is 2.67. The van der Waals surface area contributed by atoms with Crippen LogP contribution < -0.4 is 5.32 Å². The summed E-state index contributed by atoms with van der Waals surface area (Å²) in [5.41, 5.74) is 1.08. The molecule has 0 aromatic heterocycles. The molecule has 0 atom stereocenters. The molecular weight excluding hydrogens is 300 g/mol. The maximum Gasteiger partial charge on any atom is 0.274 e. The van der Waals surface area contributed by atoms with Crippen molar-refractivity contribution in [1.82, 2.24) is 0 Å². The van der Waals surface area contributed by atoms with Gasteiger partial charge < -0.3 is 10.4 Å². The first kappa shape index (κ1) is 14.9. The van der Waals surface area contributed by atoms with E-state index in [1.54, 1.807) is 13.0 Å². The van der Waals surface area contributed by atoms with Crippen molar-refractivity contribution < 1.29 is 10.0 Å². The van der Waals surface area contributed by atoms with Gasteiger partial charge in [0.05, 0.1) is 10.6 Å². The molecule has 0 fully saturated rings. The van der Waals surface area contributed by atoms with Gasteiger partial charge in [-0.05, 0) is 28.9 Å². The van der Waals surface area contributed by atoms with Crippen LogP contribution in [0.4, 0.5) is 11.4 Å². The monoisotopic (exact) mass is 316 g/mol. The summed E-state index contributed by atoms with van der Waals surface area (Å²) in [5.74, 6) is 0. The number of hydrogen-bond acceptors (Lipinski definition) is 4. The number of rotatable bonds is 5. The van der Waals surface area contributed by atoms with Gasteiger partial charge in [-0.3, -0.25) is 10.1 Å². The lowest BCUT2D eigenvalue weighted by atomic mass is 9.95. The Labute approximate surface area is 114 Å². The lowest BCUT2D eigenvalue weighted by molar-refractivity contribution is -0.385. The Hall–Kier alpha value is -1.14. The molecule has 0 aliphatic heterocycles. The Kier molecular flexibility index (Phi) is 4.70. The number of aliphatic hydroxyl groups is 1. The van der Waals surface area contributed by atoms with Crippen LogP contribution in [0.15, 0.2) is 16.6 Å². The number of nitrogens with one attached hydrogen (secondary N) is 1. The number of aliphatic hydroxyl groups excluding tert-OH is 1. The molecule has 0 aliphatic carbocycles. The molecule has 0 unspecified atom stereocenters. The average molecular weight is 317 g/mol. The molecule has 0 spiro atoms. The molecule has 100 valence electrons. The Bertz CT molecular complexity index is 461. The van der Waals surface area contributed by atoms with Gasteiger partial charge in [-0.2, -0.15) is 0 Å². The molecule has 1 aromatic carbocycles. The second-order valence-electron chi connectivity index (χ2n) is 5.05. The summed E-state index contributed by atoms with van der Waals surface area (Å²) in [6, 6.07) is 3.22. The molecule has 18 heavy (non-hydrogen) atoms. The van der Waals surface area contributed by atoms with Crippen molar-refractivity contribution in [2.75, 3.05) is 18.5 Å². The number of halogens is 1. The standard InChI is InChI=1S/C12H17BrN2O3/c1-8-4-9(13)10(5-11(8)15(17)18)14-6-12(2,3)7-16/h4-5,14,16H,6-7H2,1-3H3. The zero-order valence-corrected chi connectivity index (χ0v) is 12.2. The molecule has 0 heterocycles. The number of nitro benzene ring substituents is 1.